The summed E-state index contributed by atoms with van der Waals surface area (Å²) in [5.41, 5.74) is -0.569. The molecule has 1 aromatic rings. The number of anilines is 1. The summed E-state index contributed by atoms with van der Waals surface area (Å²) in [6, 6.07) is 1.93. The van der Waals surface area contributed by atoms with Crippen LogP contribution in [0.3, 0.4) is 0 Å². The average molecular weight is 427 g/mol. The molecule has 1 aromatic carbocycles. The van der Waals surface area contributed by atoms with Crippen LogP contribution in [0.25, 0.3) is 0 Å². The molecule has 0 saturated heterocycles. The van der Waals surface area contributed by atoms with Gasteiger partial charge in [-0.25, -0.2) is 17.2 Å². The molecule has 5 nitrogen and oxygen atoms in total. The third kappa shape index (κ3) is 4.55. The van der Waals surface area contributed by atoms with Crippen LogP contribution in [0.15, 0.2) is 35.1 Å². The van der Waals surface area contributed by atoms with E-state index in [0.29, 0.717) is 0 Å². The summed E-state index contributed by atoms with van der Waals surface area (Å²) in [7, 11) is -5.68. The first-order chi connectivity index (χ1) is 10.6. The minimum atomic E-state index is -3.80. The molecule has 1 aliphatic heterocycles. The van der Waals surface area contributed by atoms with E-state index in [1.54, 1.807) is 27.7 Å². The van der Waals surface area contributed by atoms with Gasteiger partial charge in [-0.3, -0.25) is 9.52 Å². The largest absolute Gasteiger partial charge is 0.343 e. The predicted molar refractivity (Wildman–Crippen MR) is 91.9 cm³/mol. The lowest BCUT2D eigenvalue weighted by Gasteiger charge is -2.21. The van der Waals surface area contributed by atoms with E-state index >= 15 is 0 Å². The monoisotopic (exact) mass is 426 g/mol. The third-order valence-corrected chi connectivity index (χ3v) is 7.35. The number of hydrogen-bond acceptors (Lipinski definition) is 3. The second kappa shape index (κ2) is 6.62. The maximum Gasteiger partial charge on any atom is 0.278 e. The number of hydrogen-bond donors (Lipinski definition) is 2. The van der Waals surface area contributed by atoms with Gasteiger partial charge in [-0.05, 0) is 43.3 Å². The number of carbonyl (C=O) groups is 1. The number of carbonyl (C=O) groups excluding carboxylic acids is 1. The van der Waals surface area contributed by atoms with Crippen LogP contribution in [0.2, 0.25) is 0 Å². The fourth-order valence-corrected chi connectivity index (χ4v) is 4.71. The van der Waals surface area contributed by atoms with Crippen LogP contribution in [0.5, 0.6) is 0 Å². The molecule has 0 spiro atoms. The number of allylic oxidation sites excluding steroid dienone is 2. The van der Waals surface area contributed by atoms with E-state index in [-0.39, 0.29) is 17.3 Å². The van der Waals surface area contributed by atoms with Crippen molar-refractivity contribution in [3.63, 3.8) is 0 Å². The van der Waals surface area contributed by atoms with Crippen molar-refractivity contribution in [3.05, 3.63) is 52.3 Å². The molecule has 0 saturated carbocycles. The molecule has 1 heterocycles. The Hall–Kier alpha value is -1.39. The first kappa shape index (κ1) is 18.0. The minimum absolute atomic E-state index is 0.0894. The van der Waals surface area contributed by atoms with Crippen molar-refractivity contribution in [2.24, 2.45) is 0 Å². The van der Waals surface area contributed by atoms with Crippen molar-refractivity contribution in [1.82, 2.24) is 5.32 Å². The van der Waals surface area contributed by atoms with E-state index in [4.69, 9.17) is 0 Å². The van der Waals surface area contributed by atoms with Crippen molar-refractivity contribution >= 4 is 44.2 Å². The van der Waals surface area contributed by atoms with E-state index < -0.39 is 35.8 Å². The molecule has 126 valence electrons. The predicted octanol–water partition coefficient (Wildman–Crippen LogP) is 3.70. The van der Waals surface area contributed by atoms with Gasteiger partial charge in [0.2, 0.25) is 10.0 Å². The van der Waals surface area contributed by atoms with Crippen molar-refractivity contribution in [2.45, 2.75) is 6.54 Å². The van der Waals surface area contributed by atoms with Gasteiger partial charge in [-0.15, -0.1) is 0 Å². The zero-order chi connectivity index (χ0) is 17.3. The molecule has 23 heavy (non-hydrogen) atoms. The Morgan fingerprint density at radius 3 is 2.22 bits per heavy atom. The van der Waals surface area contributed by atoms with Crippen LogP contribution in [-0.4, -0.2) is 19.9 Å². The SMILES string of the molecule is CS(=O)(=O)Nc1c(F)cc(CNC(=O)S2(Br)C=CC=C2)cc1F. The second-order valence-corrected chi connectivity index (χ2v) is 11.9. The number of nitrogens with one attached hydrogen (secondary N) is 2. The van der Waals surface area contributed by atoms with Crippen molar-refractivity contribution in [1.29, 1.82) is 0 Å². The first-order valence-corrected chi connectivity index (χ1v) is 11.7. The van der Waals surface area contributed by atoms with E-state index in [0.717, 1.165) is 18.4 Å². The summed E-state index contributed by atoms with van der Waals surface area (Å²) in [4.78, 5) is 12.1. The molecule has 1 aliphatic rings. The van der Waals surface area contributed by atoms with Gasteiger partial charge in [0.1, 0.15) is 5.69 Å². The second-order valence-electron chi connectivity index (χ2n) is 4.73. The Labute approximate surface area is 141 Å². The Bertz CT molecular complexity index is 774. The highest BCUT2D eigenvalue weighted by molar-refractivity contribution is 9.61. The highest BCUT2D eigenvalue weighted by atomic mass is 79.9. The molecule has 0 fully saturated rings. The maximum atomic E-state index is 13.8. The zero-order valence-electron chi connectivity index (χ0n) is 11.8. The third-order valence-electron chi connectivity index (χ3n) is 2.77. The summed E-state index contributed by atoms with van der Waals surface area (Å²) >= 11 is 3.33. The fraction of sp³-hybridized carbons (Fsp3) is 0.154. The van der Waals surface area contributed by atoms with Crippen molar-refractivity contribution in [2.75, 3.05) is 11.0 Å². The number of benzene rings is 1. The van der Waals surface area contributed by atoms with Crippen LogP contribution in [-0.2, 0) is 16.6 Å². The van der Waals surface area contributed by atoms with E-state index in [9.17, 15) is 22.0 Å². The molecule has 0 radical (unpaired) electrons. The quantitative estimate of drug-likeness (QED) is 0.770. The van der Waals surface area contributed by atoms with Gasteiger partial charge in [-0.1, -0.05) is 20.6 Å². The van der Waals surface area contributed by atoms with Crippen molar-refractivity contribution < 1.29 is 22.0 Å². The smallest absolute Gasteiger partial charge is 0.278 e. The minimum Gasteiger partial charge on any atom is -0.343 e. The standard InChI is InChI=1S/C13H13BrF2N2O3S2/c1-22(20,21)18-12-10(15)6-9(7-11(12)16)8-17-13(19)23(14)4-2-3-5-23/h2-7,18H,8H2,1H3,(H,17,19). The zero-order valence-corrected chi connectivity index (χ0v) is 15.1. The van der Waals surface area contributed by atoms with Crippen LogP contribution in [0.4, 0.5) is 19.3 Å². The molecule has 0 bridgehead atoms. The van der Waals surface area contributed by atoms with Gasteiger partial charge in [0.05, 0.1) is 6.26 Å². The maximum absolute atomic E-state index is 13.8. The molecule has 2 N–H and O–H groups in total. The lowest BCUT2D eigenvalue weighted by Crippen LogP contribution is -2.22. The van der Waals surface area contributed by atoms with Crippen LogP contribution >= 0.6 is 23.3 Å². The molecular formula is C13H13BrF2N2O3S2. The molecule has 1 amide bonds. The Morgan fingerprint density at radius 1 is 1.22 bits per heavy atom. The van der Waals surface area contributed by atoms with E-state index in [1.807, 2.05) is 0 Å². The summed E-state index contributed by atoms with van der Waals surface area (Å²) in [6.07, 6.45) is 4.25. The van der Waals surface area contributed by atoms with Gasteiger partial charge in [0, 0.05) is 6.54 Å². The highest BCUT2D eigenvalue weighted by Crippen LogP contribution is 2.61. The molecular weight excluding hydrogens is 414 g/mol. The normalized spacial score (nSPS) is 17.0. The molecule has 10 heteroatoms. The van der Waals surface area contributed by atoms with Gasteiger partial charge in [-0.2, -0.15) is 0 Å². The van der Waals surface area contributed by atoms with Crippen LogP contribution < -0.4 is 10.0 Å². The number of rotatable bonds is 4. The summed E-state index contributed by atoms with van der Waals surface area (Å²) in [5, 5.41) is 5.70. The Balaban J connectivity index is 2.12. The van der Waals surface area contributed by atoms with Gasteiger partial charge in [0.15, 0.2) is 11.6 Å². The number of halogens is 3. The molecule has 2 rings (SSSR count). The number of amides is 1. The van der Waals surface area contributed by atoms with Crippen molar-refractivity contribution in [3.8, 4) is 0 Å². The summed E-state index contributed by atoms with van der Waals surface area (Å²) < 4.78 is 51.6. The van der Waals surface area contributed by atoms with Gasteiger partial charge in [0.25, 0.3) is 5.24 Å². The van der Waals surface area contributed by atoms with E-state index in [1.165, 1.54) is 0 Å². The lowest BCUT2D eigenvalue weighted by molar-refractivity contribution is 0.260. The topological polar surface area (TPSA) is 75.3 Å². The molecule has 0 unspecified atom stereocenters. The summed E-state index contributed by atoms with van der Waals surface area (Å²) in [5.74, 6) is -2.11. The van der Waals surface area contributed by atoms with Crippen LogP contribution in [0, 0.1) is 11.6 Å². The molecule has 0 atom stereocenters. The Morgan fingerprint density at radius 2 is 1.74 bits per heavy atom. The first-order valence-electron chi connectivity index (χ1n) is 6.22. The fourth-order valence-electron chi connectivity index (χ4n) is 1.78. The van der Waals surface area contributed by atoms with E-state index in [2.05, 4.69) is 20.1 Å². The van der Waals surface area contributed by atoms with Gasteiger partial charge >= 0.3 is 0 Å². The Kier molecular flexibility index (Phi) is 5.17. The van der Waals surface area contributed by atoms with Crippen LogP contribution in [0.1, 0.15) is 5.56 Å². The molecule has 0 aromatic heterocycles. The average Bonchev–Trinajstić information content (AvgIpc) is 2.87. The lowest BCUT2D eigenvalue weighted by atomic mass is 10.2. The van der Waals surface area contributed by atoms with Gasteiger partial charge < -0.3 is 5.32 Å². The highest BCUT2D eigenvalue weighted by Gasteiger charge is 2.25. The summed E-state index contributed by atoms with van der Waals surface area (Å²) in [6.45, 7) is -0.0894. The molecule has 0 aliphatic carbocycles. The number of sulfonamides is 1.